The van der Waals surface area contributed by atoms with Crippen LogP contribution in [0.25, 0.3) is 0 Å². The van der Waals surface area contributed by atoms with Crippen molar-refractivity contribution in [2.75, 3.05) is 0 Å². The molecule has 1 unspecified atom stereocenters. The van der Waals surface area contributed by atoms with Gasteiger partial charge >= 0.3 is 12.7 Å². The Labute approximate surface area is 101 Å². The van der Waals surface area contributed by atoms with Crippen LogP contribution in [-0.2, 0) is 4.57 Å². The predicted molar refractivity (Wildman–Crippen MR) is 62.3 cm³/mol. The lowest BCUT2D eigenvalue weighted by atomic mass is 10.7. The molecular formula is C8H8N5O2PS. The van der Waals surface area contributed by atoms with Gasteiger partial charge in [0, 0.05) is 36.2 Å². The molecule has 2 N–H and O–H groups in total. The van der Waals surface area contributed by atoms with Crippen LogP contribution in [0.1, 0.15) is 0 Å². The van der Waals surface area contributed by atoms with Gasteiger partial charge in [0.15, 0.2) is 5.16 Å². The zero-order valence-corrected chi connectivity index (χ0v) is 10.2. The molecule has 9 heteroatoms. The van der Waals surface area contributed by atoms with E-state index in [2.05, 4.69) is 19.9 Å². The second-order valence-electron chi connectivity index (χ2n) is 2.79. The second kappa shape index (κ2) is 5.22. The molecule has 0 saturated carbocycles. The average molecular weight is 269 g/mol. The van der Waals surface area contributed by atoms with Crippen molar-refractivity contribution in [3.63, 3.8) is 0 Å². The fourth-order valence-electron chi connectivity index (χ4n) is 0.911. The topological polar surface area (TPSA) is 104 Å². The van der Waals surface area contributed by atoms with Gasteiger partial charge in [-0.15, -0.1) is 0 Å². The van der Waals surface area contributed by atoms with E-state index in [4.69, 9.17) is 10.0 Å². The zero-order valence-electron chi connectivity index (χ0n) is 8.50. The number of nitrogens with zero attached hydrogens (tertiary/aromatic N) is 4. The first kappa shape index (κ1) is 12.0. The van der Waals surface area contributed by atoms with E-state index in [-0.39, 0.29) is 11.2 Å². The smallest absolute Gasteiger partial charge is 0.381 e. The Morgan fingerprint density at radius 3 is 2.18 bits per heavy atom. The summed E-state index contributed by atoms with van der Waals surface area (Å²) in [5, 5.41) is 0.272. The maximum Gasteiger partial charge on any atom is 0.381 e. The van der Waals surface area contributed by atoms with Gasteiger partial charge in [-0.05, 0) is 12.1 Å². The molecule has 2 aromatic heterocycles. The average Bonchev–Trinajstić information content (AvgIpc) is 2.30. The van der Waals surface area contributed by atoms with Crippen molar-refractivity contribution < 1.29 is 9.09 Å². The van der Waals surface area contributed by atoms with Gasteiger partial charge < -0.3 is 4.52 Å². The largest absolute Gasteiger partial charge is 0.390 e. The molecule has 0 fully saturated rings. The lowest BCUT2D eigenvalue weighted by molar-refractivity contribution is 0.478. The highest BCUT2D eigenvalue weighted by Gasteiger charge is 2.23. The molecule has 0 aliphatic rings. The minimum atomic E-state index is -3.47. The maximum absolute atomic E-state index is 11.9. The number of nitrogens with two attached hydrogens (primary N) is 1. The van der Waals surface area contributed by atoms with Crippen molar-refractivity contribution in [2.45, 2.75) is 5.16 Å². The van der Waals surface area contributed by atoms with Crippen LogP contribution in [0.15, 0.2) is 42.1 Å². The Hall–Kier alpha value is -1.50. The summed E-state index contributed by atoms with van der Waals surface area (Å²) in [6, 6.07) is 3.22. The van der Waals surface area contributed by atoms with Crippen molar-refractivity contribution in [3.8, 4) is 6.01 Å². The van der Waals surface area contributed by atoms with Crippen LogP contribution in [0.3, 0.4) is 0 Å². The zero-order chi connectivity index (χ0) is 12.1. The fraction of sp³-hybridized carbons (Fsp3) is 0. The normalized spacial score (nSPS) is 13.9. The summed E-state index contributed by atoms with van der Waals surface area (Å²) < 4.78 is 16.9. The van der Waals surface area contributed by atoms with Crippen LogP contribution in [0, 0.1) is 0 Å². The van der Waals surface area contributed by atoms with Gasteiger partial charge in [-0.2, -0.15) is 0 Å². The summed E-state index contributed by atoms with van der Waals surface area (Å²) >= 11 is 0.750. The SMILES string of the molecule is NP(=O)(Oc1ncccn1)Sc1ncccn1. The minimum Gasteiger partial charge on any atom is -0.390 e. The third-order valence-corrected chi connectivity index (χ3v) is 4.03. The molecule has 0 saturated heterocycles. The summed E-state index contributed by atoms with van der Waals surface area (Å²) in [7, 11) is 0. The monoisotopic (exact) mass is 269 g/mol. The van der Waals surface area contributed by atoms with Crippen molar-refractivity contribution in [1.29, 1.82) is 0 Å². The second-order valence-corrected chi connectivity index (χ2v) is 6.67. The molecule has 2 rings (SSSR count). The molecular weight excluding hydrogens is 261 g/mol. The van der Waals surface area contributed by atoms with E-state index in [1.165, 1.54) is 24.8 Å². The van der Waals surface area contributed by atoms with E-state index in [1.54, 1.807) is 12.1 Å². The van der Waals surface area contributed by atoms with Gasteiger partial charge in [-0.3, -0.25) is 0 Å². The first-order chi connectivity index (χ1) is 8.16. The number of rotatable bonds is 4. The van der Waals surface area contributed by atoms with Crippen molar-refractivity contribution in [1.82, 2.24) is 19.9 Å². The van der Waals surface area contributed by atoms with Crippen LogP contribution in [0.5, 0.6) is 6.01 Å². The van der Waals surface area contributed by atoms with Crippen LogP contribution >= 0.6 is 18.1 Å². The molecule has 88 valence electrons. The fourth-order valence-corrected chi connectivity index (χ4v) is 2.99. The van der Waals surface area contributed by atoms with Crippen molar-refractivity contribution in [3.05, 3.63) is 36.9 Å². The van der Waals surface area contributed by atoms with Crippen LogP contribution in [0.4, 0.5) is 0 Å². The van der Waals surface area contributed by atoms with E-state index < -0.39 is 6.72 Å². The van der Waals surface area contributed by atoms with E-state index in [9.17, 15) is 4.57 Å². The van der Waals surface area contributed by atoms with E-state index >= 15 is 0 Å². The molecule has 2 aromatic rings. The minimum absolute atomic E-state index is 0.0400. The summed E-state index contributed by atoms with van der Waals surface area (Å²) in [6.45, 7) is -3.47. The summed E-state index contributed by atoms with van der Waals surface area (Å²) in [5.74, 6) is 0. The summed E-state index contributed by atoms with van der Waals surface area (Å²) in [5.41, 5.74) is 5.52. The standard InChI is InChI=1S/C8H8N5O2PS/c9-16(14,15-7-10-3-1-4-11-7)17-8-12-5-2-6-13-8/h1-6H,(H2,9,14). The van der Waals surface area contributed by atoms with Crippen molar-refractivity contribution >= 4 is 18.1 Å². The third kappa shape index (κ3) is 3.77. The Morgan fingerprint density at radius 1 is 1.06 bits per heavy atom. The summed E-state index contributed by atoms with van der Waals surface area (Å²) in [4.78, 5) is 15.3. The maximum atomic E-state index is 11.9. The number of aromatic nitrogens is 4. The molecule has 0 aliphatic carbocycles. The lowest BCUT2D eigenvalue weighted by Gasteiger charge is -2.10. The Morgan fingerprint density at radius 2 is 1.59 bits per heavy atom. The van der Waals surface area contributed by atoms with Gasteiger partial charge in [0.25, 0.3) is 0 Å². The number of hydrogen-bond acceptors (Lipinski definition) is 7. The molecule has 0 spiro atoms. The molecule has 7 nitrogen and oxygen atoms in total. The van der Waals surface area contributed by atoms with Gasteiger partial charge in [0.05, 0.1) is 0 Å². The van der Waals surface area contributed by atoms with Gasteiger partial charge in [-0.1, -0.05) is 0 Å². The lowest BCUT2D eigenvalue weighted by Crippen LogP contribution is -2.02. The molecule has 0 aliphatic heterocycles. The highest BCUT2D eigenvalue weighted by molar-refractivity contribution is 8.55. The van der Waals surface area contributed by atoms with Crippen LogP contribution in [-0.4, -0.2) is 19.9 Å². The quantitative estimate of drug-likeness (QED) is 0.657. The van der Waals surface area contributed by atoms with E-state index in [0.29, 0.717) is 0 Å². The Bertz CT molecular complexity index is 480. The number of hydrogen-bond donors (Lipinski definition) is 1. The first-order valence-electron chi connectivity index (χ1n) is 4.47. The highest BCUT2D eigenvalue weighted by atomic mass is 32.7. The van der Waals surface area contributed by atoms with Crippen molar-refractivity contribution in [2.24, 2.45) is 5.50 Å². The van der Waals surface area contributed by atoms with Gasteiger partial charge in [-0.25, -0.2) is 30.0 Å². The van der Waals surface area contributed by atoms with Gasteiger partial charge in [0.1, 0.15) is 0 Å². The molecule has 17 heavy (non-hydrogen) atoms. The summed E-state index contributed by atoms with van der Waals surface area (Å²) in [6.07, 6.45) is 5.97. The van der Waals surface area contributed by atoms with E-state index in [0.717, 1.165) is 11.4 Å². The Balaban J connectivity index is 2.07. The molecule has 0 radical (unpaired) electrons. The van der Waals surface area contributed by atoms with Crippen LogP contribution in [0.2, 0.25) is 0 Å². The molecule has 0 aromatic carbocycles. The Kier molecular flexibility index (Phi) is 3.68. The van der Waals surface area contributed by atoms with Crippen LogP contribution < -0.4 is 10.0 Å². The molecule has 1 atom stereocenters. The highest BCUT2D eigenvalue weighted by Crippen LogP contribution is 2.53. The predicted octanol–water partition coefficient (Wildman–Crippen LogP) is 1.50. The molecule has 0 bridgehead atoms. The molecule has 0 amide bonds. The van der Waals surface area contributed by atoms with E-state index in [1.807, 2.05) is 0 Å². The third-order valence-electron chi connectivity index (χ3n) is 1.50. The molecule has 2 heterocycles. The van der Waals surface area contributed by atoms with Gasteiger partial charge in [0.2, 0.25) is 0 Å². The first-order valence-corrected chi connectivity index (χ1v) is 7.59.